The lowest BCUT2D eigenvalue weighted by molar-refractivity contribution is -0.151. The standard InChI is InChI=1S/C14H28N2O2/c1-4-6-13(14(17)18-5-2)16-8-7-11(3)9-12(16)10-15/h11-13H,4-10,15H2,1-3H3. The molecule has 0 spiro atoms. The van der Waals surface area contributed by atoms with Crippen LogP contribution in [-0.2, 0) is 9.53 Å². The summed E-state index contributed by atoms with van der Waals surface area (Å²) in [4.78, 5) is 14.3. The lowest BCUT2D eigenvalue weighted by Gasteiger charge is -2.41. The highest BCUT2D eigenvalue weighted by Crippen LogP contribution is 2.25. The van der Waals surface area contributed by atoms with E-state index < -0.39 is 0 Å². The van der Waals surface area contributed by atoms with Crippen molar-refractivity contribution < 1.29 is 9.53 Å². The lowest BCUT2D eigenvalue weighted by Crippen LogP contribution is -2.54. The molecule has 0 amide bonds. The van der Waals surface area contributed by atoms with Gasteiger partial charge in [0, 0.05) is 12.6 Å². The van der Waals surface area contributed by atoms with Gasteiger partial charge in [-0.05, 0) is 38.6 Å². The van der Waals surface area contributed by atoms with Gasteiger partial charge in [-0.25, -0.2) is 0 Å². The Morgan fingerprint density at radius 2 is 2.22 bits per heavy atom. The number of rotatable bonds is 6. The average molecular weight is 256 g/mol. The Balaban J connectivity index is 2.73. The summed E-state index contributed by atoms with van der Waals surface area (Å²) >= 11 is 0. The summed E-state index contributed by atoms with van der Waals surface area (Å²) < 4.78 is 5.21. The van der Waals surface area contributed by atoms with Gasteiger partial charge in [0.25, 0.3) is 0 Å². The summed E-state index contributed by atoms with van der Waals surface area (Å²) in [5, 5.41) is 0. The molecule has 106 valence electrons. The van der Waals surface area contributed by atoms with E-state index in [1.54, 1.807) is 0 Å². The maximum Gasteiger partial charge on any atom is 0.323 e. The van der Waals surface area contributed by atoms with E-state index in [1.807, 2.05) is 6.92 Å². The van der Waals surface area contributed by atoms with Gasteiger partial charge in [-0.15, -0.1) is 0 Å². The molecule has 0 saturated carbocycles. The summed E-state index contributed by atoms with van der Waals surface area (Å²) in [6, 6.07) is 0.228. The number of nitrogens with two attached hydrogens (primary N) is 1. The minimum absolute atomic E-state index is 0.0765. The molecule has 3 atom stereocenters. The fraction of sp³-hybridized carbons (Fsp3) is 0.929. The van der Waals surface area contributed by atoms with E-state index in [-0.39, 0.29) is 12.0 Å². The molecule has 1 rings (SSSR count). The molecule has 4 nitrogen and oxygen atoms in total. The van der Waals surface area contributed by atoms with Crippen molar-refractivity contribution in [1.82, 2.24) is 4.90 Å². The third-order valence-corrected chi connectivity index (χ3v) is 3.82. The van der Waals surface area contributed by atoms with E-state index in [0.717, 1.165) is 32.2 Å². The second kappa shape index (κ2) is 7.74. The van der Waals surface area contributed by atoms with Crippen molar-refractivity contribution in [3.63, 3.8) is 0 Å². The zero-order valence-corrected chi connectivity index (χ0v) is 12.0. The highest BCUT2D eigenvalue weighted by atomic mass is 16.5. The number of hydrogen-bond acceptors (Lipinski definition) is 4. The van der Waals surface area contributed by atoms with Crippen LogP contribution in [0.15, 0.2) is 0 Å². The molecule has 0 aliphatic carbocycles. The van der Waals surface area contributed by atoms with Crippen LogP contribution in [-0.4, -0.2) is 42.6 Å². The number of nitrogens with zero attached hydrogens (tertiary/aromatic N) is 1. The number of hydrogen-bond donors (Lipinski definition) is 1. The number of carbonyl (C=O) groups is 1. The molecule has 18 heavy (non-hydrogen) atoms. The first-order chi connectivity index (χ1) is 8.63. The van der Waals surface area contributed by atoms with Crippen LogP contribution in [0, 0.1) is 5.92 Å². The maximum atomic E-state index is 12.1. The molecule has 0 bridgehead atoms. The van der Waals surface area contributed by atoms with Gasteiger partial charge >= 0.3 is 5.97 Å². The Labute approximate surface area is 111 Å². The van der Waals surface area contributed by atoms with E-state index in [9.17, 15) is 4.79 Å². The number of ether oxygens (including phenoxy) is 1. The van der Waals surface area contributed by atoms with Gasteiger partial charge in [-0.3, -0.25) is 9.69 Å². The lowest BCUT2D eigenvalue weighted by atomic mass is 9.90. The Bertz CT molecular complexity index is 258. The largest absolute Gasteiger partial charge is 0.465 e. The van der Waals surface area contributed by atoms with Gasteiger partial charge in [0.1, 0.15) is 6.04 Å². The van der Waals surface area contributed by atoms with Gasteiger partial charge in [-0.2, -0.15) is 0 Å². The minimum atomic E-state index is -0.101. The summed E-state index contributed by atoms with van der Waals surface area (Å²) in [5.74, 6) is 0.631. The molecule has 2 N–H and O–H groups in total. The second-order valence-electron chi connectivity index (χ2n) is 5.31. The van der Waals surface area contributed by atoms with E-state index in [2.05, 4.69) is 18.7 Å². The SMILES string of the molecule is CCCC(C(=O)OCC)N1CCC(C)CC1CN. The van der Waals surface area contributed by atoms with Crippen LogP contribution in [0.5, 0.6) is 0 Å². The van der Waals surface area contributed by atoms with Crippen molar-refractivity contribution in [2.75, 3.05) is 19.7 Å². The quantitative estimate of drug-likeness (QED) is 0.736. The molecule has 3 unspecified atom stereocenters. The summed E-state index contributed by atoms with van der Waals surface area (Å²) in [6.07, 6.45) is 4.10. The first-order valence-corrected chi connectivity index (χ1v) is 7.26. The molecule has 0 aromatic carbocycles. The average Bonchev–Trinajstić information content (AvgIpc) is 2.36. The first-order valence-electron chi connectivity index (χ1n) is 7.26. The summed E-state index contributed by atoms with van der Waals surface area (Å²) in [6.45, 7) is 8.28. The molecule has 1 heterocycles. The van der Waals surface area contributed by atoms with E-state index in [4.69, 9.17) is 10.5 Å². The van der Waals surface area contributed by atoms with Crippen LogP contribution in [0.1, 0.15) is 46.5 Å². The Kier molecular flexibility index (Phi) is 6.65. The molecule has 0 aromatic heterocycles. The number of likely N-dealkylation sites (tertiary alicyclic amines) is 1. The van der Waals surface area contributed by atoms with Crippen molar-refractivity contribution in [3.8, 4) is 0 Å². The summed E-state index contributed by atoms with van der Waals surface area (Å²) in [5.41, 5.74) is 5.87. The van der Waals surface area contributed by atoms with Crippen LogP contribution in [0.2, 0.25) is 0 Å². The molecule has 1 saturated heterocycles. The van der Waals surface area contributed by atoms with Crippen molar-refractivity contribution >= 4 is 5.97 Å². The summed E-state index contributed by atoms with van der Waals surface area (Å²) in [7, 11) is 0. The van der Waals surface area contributed by atoms with Crippen molar-refractivity contribution in [1.29, 1.82) is 0 Å². The molecular formula is C14H28N2O2. The topological polar surface area (TPSA) is 55.6 Å². The monoisotopic (exact) mass is 256 g/mol. The Hall–Kier alpha value is -0.610. The highest BCUT2D eigenvalue weighted by Gasteiger charge is 2.34. The molecule has 0 aromatic rings. The fourth-order valence-corrected chi connectivity index (χ4v) is 2.84. The third-order valence-electron chi connectivity index (χ3n) is 3.82. The number of esters is 1. The fourth-order valence-electron chi connectivity index (χ4n) is 2.84. The van der Waals surface area contributed by atoms with Gasteiger partial charge in [0.15, 0.2) is 0 Å². The van der Waals surface area contributed by atoms with Gasteiger partial charge < -0.3 is 10.5 Å². The number of carbonyl (C=O) groups excluding carboxylic acids is 1. The molecule has 0 radical (unpaired) electrons. The van der Waals surface area contributed by atoms with Gasteiger partial charge in [-0.1, -0.05) is 20.3 Å². The third kappa shape index (κ3) is 3.95. The van der Waals surface area contributed by atoms with Crippen molar-refractivity contribution in [2.45, 2.75) is 58.5 Å². The number of piperidine rings is 1. The van der Waals surface area contributed by atoms with E-state index >= 15 is 0 Å². The van der Waals surface area contributed by atoms with E-state index in [1.165, 1.54) is 0 Å². The van der Waals surface area contributed by atoms with Crippen LogP contribution >= 0.6 is 0 Å². The smallest absolute Gasteiger partial charge is 0.323 e. The first kappa shape index (κ1) is 15.4. The zero-order chi connectivity index (χ0) is 13.5. The molecule has 1 fully saturated rings. The normalized spacial score (nSPS) is 26.9. The molecular weight excluding hydrogens is 228 g/mol. The highest BCUT2D eigenvalue weighted by molar-refractivity contribution is 5.75. The minimum Gasteiger partial charge on any atom is -0.465 e. The predicted octanol–water partition coefficient (Wildman–Crippen LogP) is 1.78. The van der Waals surface area contributed by atoms with Crippen LogP contribution in [0.25, 0.3) is 0 Å². The predicted molar refractivity (Wildman–Crippen MR) is 73.3 cm³/mol. The molecule has 1 aliphatic heterocycles. The van der Waals surface area contributed by atoms with Crippen LogP contribution < -0.4 is 5.73 Å². The Morgan fingerprint density at radius 3 is 2.78 bits per heavy atom. The van der Waals surface area contributed by atoms with Crippen LogP contribution in [0.4, 0.5) is 0 Å². The van der Waals surface area contributed by atoms with Gasteiger partial charge in [0.05, 0.1) is 6.61 Å². The van der Waals surface area contributed by atoms with Gasteiger partial charge in [0.2, 0.25) is 0 Å². The van der Waals surface area contributed by atoms with Crippen molar-refractivity contribution in [3.05, 3.63) is 0 Å². The molecule has 1 aliphatic rings. The Morgan fingerprint density at radius 1 is 1.50 bits per heavy atom. The zero-order valence-electron chi connectivity index (χ0n) is 12.0. The second-order valence-corrected chi connectivity index (χ2v) is 5.31. The van der Waals surface area contributed by atoms with E-state index in [0.29, 0.717) is 25.1 Å². The molecule has 4 heteroatoms. The van der Waals surface area contributed by atoms with Crippen molar-refractivity contribution in [2.24, 2.45) is 11.7 Å². The van der Waals surface area contributed by atoms with Crippen LogP contribution in [0.3, 0.4) is 0 Å². The maximum absolute atomic E-state index is 12.1.